The summed E-state index contributed by atoms with van der Waals surface area (Å²) in [5.74, 6) is 0.862. The second-order valence-corrected chi connectivity index (χ2v) is 6.51. The molecule has 0 saturated carbocycles. The average Bonchev–Trinajstić information content (AvgIpc) is 2.52. The van der Waals surface area contributed by atoms with Gasteiger partial charge in [0.1, 0.15) is 6.54 Å². The van der Waals surface area contributed by atoms with E-state index in [1.807, 2.05) is 25.7 Å². The number of benzene rings is 1. The molecule has 0 bridgehead atoms. The second-order valence-electron chi connectivity index (χ2n) is 6.51. The largest absolute Gasteiger partial charge is 0.493 e. The zero-order valence-corrected chi connectivity index (χ0v) is 14.4. The van der Waals surface area contributed by atoms with Crippen LogP contribution in [0.15, 0.2) is 18.2 Å². The topological polar surface area (TPSA) is 59.1 Å². The van der Waals surface area contributed by atoms with Gasteiger partial charge in [0.15, 0.2) is 11.5 Å². The van der Waals surface area contributed by atoms with Crippen molar-refractivity contribution in [2.75, 3.05) is 33.9 Å². The SMILES string of the molecule is COc1ccc(C(=O)N2CCN(C(C)(C)C)C(=O)C2)cc1OC. The number of hydrogen-bond acceptors (Lipinski definition) is 4. The normalized spacial score (nSPS) is 15.6. The lowest BCUT2D eigenvalue weighted by atomic mass is 10.0. The van der Waals surface area contributed by atoms with Crippen LogP contribution >= 0.6 is 0 Å². The van der Waals surface area contributed by atoms with Crippen molar-refractivity contribution >= 4 is 11.8 Å². The molecule has 1 saturated heterocycles. The number of piperazine rings is 1. The van der Waals surface area contributed by atoms with E-state index in [1.54, 1.807) is 30.2 Å². The molecule has 0 atom stereocenters. The maximum absolute atomic E-state index is 12.6. The van der Waals surface area contributed by atoms with E-state index in [9.17, 15) is 9.59 Å². The number of rotatable bonds is 3. The molecule has 0 aromatic heterocycles. The number of hydrogen-bond donors (Lipinski definition) is 0. The summed E-state index contributed by atoms with van der Waals surface area (Å²) in [5.41, 5.74) is 0.259. The van der Waals surface area contributed by atoms with Crippen LogP contribution in [0.25, 0.3) is 0 Å². The molecule has 1 aromatic carbocycles. The Balaban J connectivity index is 2.15. The minimum absolute atomic E-state index is 0.0300. The van der Waals surface area contributed by atoms with Gasteiger partial charge in [-0.2, -0.15) is 0 Å². The minimum Gasteiger partial charge on any atom is -0.493 e. The van der Waals surface area contributed by atoms with Crippen molar-refractivity contribution in [2.45, 2.75) is 26.3 Å². The van der Waals surface area contributed by atoms with Gasteiger partial charge in [0, 0.05) is 24.2 Å². The predicted molar refractivity (Wildman–Crippen MR) is 86.9 cm³/mol. The first-order valence-corrected chi connectivity index (χ1v) is 7.59. The third-order valence-corrected chi connectivity index (χ3v) is 3.95. The first kappa shape index (κ1) is 17.1. The monoisotopic (exact) mass is 320 g/mol. The Kier molecular flexibility index (Phi) is 4.82. The van der Waals surface area contributed by atoms with Gasteiger partial charge in [-0.15, -0.1) is 0 Å². The first-order chi connectivity index (χ1) is 10.8. The fraction of sp³-hybridized carbons (Fsp3) is 0.529. The molecule has 6 nitrogen and oxygen atoms in total. The molecule has 1 fully saturated rings. The van der Waals surface area contributed by atoms with Crippen molar-refractivity contribution in [3.05, 3.63) is 23.8 Å². The van der Waals surface area contributed by atoms with Crippen LogP contribution in [0.4, 0.5) is 0 Å². The van der Waals surface area contributed by atoms with E-state index in [2.05, 4.69) is 0 Å². The van der Waals surface area contributed by atoms with Gasteiger partial charge in [-0.05, 0) is 39.0 Å². The Hall–Kier alpha value is -2.24. The van der Waals surface area contributed by atoms with Gasteiger partial charge in [-0.1, -0.05) is 0 Å². The molecule has 23 heavy (non-hydrogen) atoms. The van der Waals surface area contributed by atoms with Crippen LogP contribution in [0, 0.1) is 0 Å². The maximum atomic E-state index is 12.6. The molecule has 0 unspecified atom stereocenters. The van der Waals surface area contributed by atoms with E-state index < -0.39 is 0 Å². The second kappa shape index (κ2) is 6.48. The van der Waals surface area contributed by atoms with Crippen molar-refractivity contribution in [1.29, 1.82) is 0 Å². The van der Waals surface area contributed by atoms with Gasteiger partial charge >= 0.3 is 0 Å². The van der Waals surface area contributed by atoms with Gasteiger partial charge in [0.25, 0.3) is 5.91 Å². The van der Waals surface area contributed by atoms with Crippen molar-refractivity contribution in [3.8, 4) is 11.5 Å². The summed E-state index contributed by atoms with van der Waals surface area (Å²) < 4.78 is 10.4. The van der Waals surface area contributed by atoms with E-state index in [0.29, 0.717) is 30.2 Å². The summed E-state index contributed by atoms with van der Waals surface area (Å²) in [4.78, 5) is 28.3. The average molecular weight is 320 g/mol. The lowest BCUT2D eigenvalue weighted by Gasteiger charge is -2.42. The number of carbonyl (C=O) groups excluding carboxylic acids is 2. The molecular weight excluding hydrogens is 296 g/mol. The predicted octanol–water partition coefficient (Wildman–Crippen LogP) is 1.79. The summed E-state index contributed by atoms with van der Waals surface area (Å²) in [6.07, 6.45) is 0. The quantitative estimate of drug-likeness (QED) is 0.852. The van der Waals surface area contributed by atoms with Crippen molar-refractivity contribution in [1.82, 2.24) is 9.80 Å². The van der Waals surface area contributed by atoms with Crippen LogP contribution in [0.3, 0.4) is 0 Å². The van der Waals surface area contributed by atoms with Crippen molar-refractivity contribution in [2.24, 2.45) is 0 Å². The summed E-state index contributed by atoms with van der Waals surface area (Å²) in [6, 6.07) is 5.02. The van der Waals surface area contributed by atoms with E-state index in [-0.39, 0.29) is 23.9 Å². The highest BCUT2D eigenvalue weighted by molar-refractivity contribution is 5.97. The van der Waals surface area contributed by atoms with Gasteiger partial charge in [0.05, 0.1) is 14.2 Å². The highest BCUT2D eigenvalue weighted by Crippen LogP contribution is 2.28. The molecule has 2 amide bonds. The first-order valence-electron chi connectivity index (χ1n) is 7.59. The maximum Gasteiger partial charge on any atom is 0.254 e. The molecule has 1 aliphatic heterocycles. The van der Waals surface area contributed by atoms with E-state index >= 15 is 0 Å². The molecule has 0 radical (unpaired) electrons. The van der Waals surface area contributed by atoms with Crippen molar-refractivity contribution < 1.29 is 19.1 Å². The molecular formula is C17H24N2O4. The number of methoxy groups -OCH3 is 2. The molecule has 0 N–H and O–H groups in total. The number of amides is 2. The molecule has 0 aliphatic carbocycles. The van der Waals surface area contributed by atoms with Crippen LogP contribution in [0.1, 0.15) is 31.1 Å². The van der Waals surface area contributed by atoms with Crippen LogP contribution < -0.4 is 9.47 Å². The Morgan fingerprint density at radius 2 is 1.74 bits per heavy atom. The third-order valence-electron chi connectivity index (χ3n) is 3.95. The molecule has 1 aromatic rings. The number of ether oxygens (including phenoxy) is 2. The standard InChI is InChI=1S/C17H24N2O4/c1-17(2,3)19-9-8-18(11-15(19)20)16(21)12-6-7-13(22-4)14(10-12)23-5/h6-7,10H,8-9,11H2,1-5H3. The molecule has 0 spiro atoms. The Labute approximate surface area is 137 Å². The van der Waals surface area contributed by atoms with Crippen LogP contribution in [0.5, 0.6) is 11.5 Å². The van der Waals surface area contributed by atoms with E-state index in [1.165, 1.54) is 7.11 Å². The summed E-state index contributed by atoms with van der Waals surface area (Å²) in [6.45, 7) is 7.16. The molecule has 2 rings (SSSR count). The summed E-state index contributed by atoms with van der Waals surface area (Å²) in [5, 5.41) is 0. The lowest BCUT2D eigenvalue weighted by Crippen LogP contribution is -2.58. The zero-order valence-electron chi connectivity index (χ0n) is 14.4. The van der Waals surface area contributed by atoms with Crippen molar-refractivity contribution in [3.63, 3.8) is 0 Å². The Bertz CT molecular complexity index is 607. The smallest absolute Gasteiger partial charge is 0.254 e. The molecule has 126 valence electrons. The lowest BCUT2D eigenvalue weighted by molar-refractivity contribution is -0.140. The highest BCUT2D eigenvalue weighted by Gasteiger charge is 2.33. The van der Waals surface area contributed by atoms with Gasteiger partial charge in [-0.3, -0.25) is 9.59 Å². The molecule has 1 heterocycles. The number of nitrogens with zero attached hydrogens (tertiary/aromatic N) is 2. The van der Waals surface area contributed by atoms with Gasteiger partial charge in [-0.25, -0.2) is 0 Å². The Morgan fingerprint density at radius 1 is 1.09 bits per heavy atom. The fourth-order valence-electron chi connectivity index (χ4n) is 2.71. The van der Waals surface area contributed by atoms with E-state index in [0.717, 1.165) is 0 Å². The summed E-state index contributed by atoms with van der Waals surface area (Å²) in [7, 11) is 3.07. The van der Waals surface area contributed by atoms with Gasteiger partial charge < -0.3 is 19.3 Å². The van der Waals surface area contributed by atoms with E-state index in [4.69, 9.17) is 9.47 Å². The van der Waals surface area contributed by atoms with Gasteiger partial charge in [0.2, 0.25) is 5.91 Å². The third kappa shape index (κ3) is 3.57. The fourth-order valence-corrected chi connectivity index (χ4v) is 2.71. The zero-order chi connectivity index (χ0) is 17.2. The Morgan fingerprint density at radius 3 is 2.26 bits per heavy atom. The minimum atomic E-state index is -0.227. The van der Waals surface area contributed by atoms with Crippen LogP contribution in [-0.4, -0.2) is 61.0 Å². The van der Waals surface area contributed by atoms with Crippen LogP contribution in [0.2, 0.25) is 0 Å². The number of carbonyl (C=O) groups is 2. The highest BCUT2D eigenvalue weighted by atomic mass is 16.5. The molecule has 1 aliphatic rings. The van der Waals surface area contributed by atoms with Crippen LogP contribution in [-0.2, 0) is 4.79 Å². The summed E-state index contributed by atoms with van der Waals surface area (Å²) >= 11 is 0. The molecule has 6 heteroatoms.